The van der Waals surface area contributed by atoms with Crippen molar-refractivity contribution in [1.29, 1.82) is 0 Å². The van der Waals surface area contributed by atoms with Crippen LogP contribution in [0.25, 0.3) is 5.82 Å². The van der Waals surface area contributed by atoms with Crippen molar-refractivity contribution in [2.24, 2.45) is 0 Å². The van der Waals surface area contributed by atoms with Gasteiger partial charge < -0.3 is 9.26 Å². The molecule has 0 atom stereocenters. The van der Waals surface area contributed by atoms with E-state index in [1.165, 1.54) is 0 Å². The second-order valence-electron chi connectivity index (χ2n) is 7.65. The number of imide groups is 1. The van der Waals surface area contributed by atoms with E-state index in [0.29, 0.717) is 35.7 Å². The standard InChI is InChI=1S/C20H23N3O5/c1-12-9-15(14(3)23(12)17-10-13(2)28-21-17)16(24)11-22-18(25)20(27-19(22)26)7-5-4-6-8-20/h9-10H,4-8,11H2,1-3H3. The lowest BCUT2D eigenvalue weighted by atomic mass is 9.84. The maximum Gasteiger partial charge on any atom is 0.418 e. The summed E-state index contributed by atoms with van der Waals surface area (Å²) >= 11 is 0. The van der Waals surface area contributed by atoms with Crippen LogP contribution in [-0.4, -0.2) is 44.6 Å². The lowest BCUT2D eigenvalue weighted by Crippen LogP contribution is -2.44. The van der Waals surface area contributed by atoms with Crippen molar-refractivity contribution in [3.63, 3.8) is 0 Å². The zero-order valence-electron chi connectivity index (χ0n) is 16.3. The molecule has 0 bridgehead atoms. The number of carbonyl (C=O) groups excluding carboxylic acids is 3. The fourth-order valence-corrected chi connectivity index (χ4v) is 4.25. The quantitative estimate of drug-likeness (QED) is 0.750. The van der Waals surface area contributed by atoms with Crippen molar-refractivity contribution in [3.05, 3.63) is 34.8 Å². The van der Waals surface area contributed by atoms with Crippen LogP contribution in [-0.2, 0) is 9.53 Å². The molecule has 1 aliphatic carbocycles. The molecule has 8 heteroatoms. The molecule has 3 heterocycles. The highest BCUT2D eigenvalue weighted by molar-refractivity contribution is 6.08. The van der Waals surface area contributed by atoms with Crippen LogP contribution in [0.15, 0.2) is 16.7 Å². The first-order valence-electron chi connectivity index (χ1n) is 9.53. The van der Waals surface area contributed by atoms with E-state index >= 15 is 0 Å². The lowest BCUT2D eigenvalue weighted by Gasteiger charge is -2.28. The summed E-state index contributed by atoms with van der Waals surface area (Å²) in [4.78, 5) is 39.0. The van der Waals surface area contributed by atoms with Gasteiger partial charge in [-0.2, -0.15) is 0 Å². The molecule has 4 rings (SSSR count). The average molecular weight is 385 g/mol. The van der Waals surface area contributed by atoms with Gasteiger partial charge in [-0.25, -0.2) is 9.69 Å². The van der Waals surface area contributed by atoms with Crippen molar-refractivity contribution >= 4 is 17.8 Å². The van der Waals surface area contributed by atoms with Gasteiger partial charge in [0.25, 0.3) is 5.91 Å². The molecular formula is C20H23N3O5. The second kappa shape index (κ2) is 6.61. The van der Waals surface area contributed by atoms with Gasteiger partial charge in [0.15, 0.2) is 17.2 Å². The Kier molecular flexibility index (Phi) is 4.36. The molecule has 1 spiro atoms. The molecule has 2 aromatic rings. The molecule has 0 radical (unpaired) electrons. The number of hydrogen-bond acceptors (Lipinski definition) is 6. The summed E-state index contributed by atoms with van der Waals surface area (Å²) in [6.45, 7) is 5.14. The molecule has 0 aromatic carbocycles. The van der Waals surface area contributed by atoms with Gasteiger partial charge >= 0.3 is 6.09 Å². The fourth-order valence-electron chi connectivity index (χ4n) is 4.25. The Labute approximate surface area is 162 Å². The molecule has 2 aromatic heterocycles. The van der Waals surface area contributed by atoms with E-state index in [-0.39, 0.29) is 18.2 Å². The molecule has 0 N–H and O–H groups in total. The summed E-state index contributed by atoms with van der Waals surface area (Å²) in [5.74, 6) is 0.562. The number of rotatable bonds is 4. The van der Waals surface area contributed by atoms with Crippen LogP contribution in [0.1, 0.15) is 59.6 Å². The summed E-state index contributed by atoms with van der Waals surface area (Å²) in [6.07, 6.45) is 3.06. The fraction of sp³-hybridized carbons (Fsp3) is 0.500. The first-order valence-corrected chi connectivity index (χ1v) is 9.53. The Bertz CT molecular complexity index is 965. The van der Waals surface area contributed by atoms with Gasteiger partial charge in [-0.15, -0.1) is 0 Å². The highest BCUT2D eigenvalue weighted by Crippen LogP contribution is 2.38. The Balaban J connectivity index is 1.58. The minimum absolute atomic E-state index is 0.308. The van der Waals surface area contributed by atoms with Crippen molar-refractivity contribution in [1.82, 2.24) is 14.6 Å². The molecule has 0 unspecified atom stereocenters. The number of carbonyl (C=O) groups is 3. The Morgan fingerprint density at radius 1 is 1.14 bits per heavy atom. The molecule has 1 saturated carbocycles. The van der Waals surface area contributed by atoms with E-state index in [1.54, 1.807) is 26.0 Å². The normalized spacial score (nSPS) is 18.8. The van der Waals surface area contributed by atoms with Crippen LogP contribution in [0.5, 0.6) is 0 Å². The lowest BCUT2D eigenvalue weighted by molar-refractivity contribution is -0.139. The van der Waals surface area contributed by atoms with E-state index in [1.807, 2.05) is 11.5 Å². The van der Waals surface area contributed by atoms with Gasteiger partial charge in [0.1, 0.15) is 5.76 Å². The van der Waals surface area contributed by atoms with E-state index < -0.39 is 11.7 Å². The van der Waals surface area contributed by atoms with Crippen LogP contribution in [0, 0.1) is 20.8 Å². The third-order valence-corrected chi connectivity index (χ3v) is 5.68. The number of nitrogens with zero attached hydrogens (tertiary/aromatic N) is 3. The van der Waals surface area contributed by atoms with Crippen LogP contribution in [0.3, 0.4) is 0 Å². The topological polar surface area (TPSA) is 94.6 Å². The van der Waals surface area contributed by atoms with Crippen molar-refractivity contribution in [2.45, 2.75) is 58.5 Å². The van der Waals surface area contributed by atoms with Gasteiger partial charge in [0, 0.05) is 23.0 Å². The van der Waals surface area contributed by atoms with E-state index in [9.17, 15) is 14.4 Å². The molecule has 1 aliphatic heterocycles. The molecular weight excluding hydrogens is 362 g/mol. The predicted molar refractivity (Wildman–Crippen MR) is 98.4 cm³/mol. The SMILES string of the molecule is Cc1cc(-n2c(C)cc(C(=O)CN3C(=O)OC4(CCCCC4)C3=O)c2C)no1. The molecule has 2 aliphatic rings. The number of aryl methyl sites for hydroxylation is 2. The van der Waals surface area contributed by atoms with E-state index in [4.69, 9.17) is 9.26 Å². The molecule has 8 nitrogen and oxygen atoms in total. The highest BCUT2D eigenvalue weighted by Gasteiger charge is 2.54. The summed E-state index contributed by atoms with van der Waals surface area (Å²) in [5.41, 5.74) is 0.879. The number of ketones is 1. The Morgan fingerprint density at radius 2 is 1.86 bits per heavy atom. The Hall–Kier alpha value is -2.90. The van der Waals surface area contributed by atoms with E-state index in [2.05, 4.69) is 5.16 Å². The zero-order valence-corrected chi connectivity index (χ0v) is 16.3. The minimum atomic E-state index is -1.06. The van der Waals surface area contributed by atoms with Crippen molar-refractivity contribution < 1.29 is 23.6 Å². The summed E-state index contributed by atoms with van der Waals surface area (Å²) in [7, 11) is 0. The third-order valence-electron chi connectivity index (χ3n) is 5.68. The summed E-state index contributed by atoms with van der Waals surface area (Å²) < 4.78 is 12.4. The minimum Gasteiger partial charge on any atom is -0.432 e. The Morgan fingerprint density at radius 3 is 2.50 bits per heavy atom. The highest BCUT2D eigenvalue weighted by atomic mass is 16.6. The van der Waals surface area contributed by atoms with Crippen LogP contribution >= 0.6 is 0 Å². The van der Waals surface area contributed by atoms with Gasteiger partial charge in [0.2, 0.25) is 0 Å². The number of Topliss-reactive ketones (excluding diaryl/α,β-unsaturated/α-hetero) is 1. The number of aromatic nitrogens is 2. The maximum atomic E-state index is 12.9. The number of ether oxygens (including phenoxy) is 1. The van der Waals surface area contributed by atoms with E-state index in [0.717, 1.165) is 29.9 Å². The predicted octanol–water partition coefficient (Wildman–Crippen LogP) is 3.25. The van der Waals surface area contributed by atoms with Crippen LogP contribution in [0.4, 0.5) is 4.79 Å². The number of hydrogen-bond donors (Lipinski definition) is 0. The molecule has 2 fully saturated rings. The molecule has 1 saturated heterocycles. The number of amides is 2. The molecule has 2 amide bonds. The van der Waals surface area contributed by atoms with Gasteiger partial charge in [0.05, 0.1) is 6.54 Å². The van der Waals surface area contributed by atoms with Crippen LogP contribution < -0.4 is 0 Å². The summed E-state index contributed by atoms with van der Waals surface area (Å²) in [6, 6.07) is 3.52. The van der Waals surface area contributed by atoms with Gasteiger partial charge in [-0.1, -0.05) is 11.6 Å². The second-order valence-corrected chi connectivity index (χ2v) is 7.65. The largest absolute Gasteiger partial charge is 0.432 e. The van der Waals surface area contributed by atoms with Crippen molar-refractivity contribution in [3.8, 4) is 5.82 Å². The molecule has 28 heavy (non-hydrogen) atoms. The maximum absolute atomic E-state index is 12.9. The monoisotopic (exact) mass is 385 g/mol. The van der Waals surface area contributed by atoms with Gasteiger partial charge in [-0.3, -0.25) is 14.2 Å². The summed E-state index contributed by atoms with van der Waals surface area (Å²) in [5, 5.41) is 4.00. The first-order chi connectivity index (χ1) is 13.3. The first kappa shape index (κ1) is 18.5. The zero-order chi connectivity index (χ0) is 20.1. The third kappa shape index (κ3) is 2.83. The molecule has 148 valence electrons. The van der Waals surface area contributed by atoms with Crippen LogP contribution in [0.2, 0.25) is 0 Å². The van der Waals surface area contributed by atoms with Gasteiger partial charge in [-0.05, 0) is 52.5 Å². The smallest absolute Gasteiger partial charge is 0.418 e. The van der Waals surface area contributed by atoms with Crippen molar-refractivity contribution in [2.75, 3.05) is 6.54 Å². The average Bonchev–Trinajstić information content (AvgIpc) is 3.27.